The monoisotopic (exact) mass is 324 g/mol. The molecule has 0 atom stereocenters. The summed E-state index contributed by atoms with van der Waals surface area (Å²) in [5.41, 5.74) is 2.69. The lowest BCUT2D eigenvalue weighted by molar-refractivity contribution is -0.130. The van der Waals surface area contributed by atoms with Crippen LogP contribution in [-0.2, 0) is 11.3 Å². The van der Waals surface area contributed by atoms with E-state index in [2.05, 4.69) is 6.58 Å². The summed E-state index contributed by atoms with van der Waals surface area (Å²) in [5.74, 6) is -0.731. The summed E-state index contributed by atoms with van der Waals surface area (Å²) in [4.78, 5) is 27.8. The van der Waals surface area contributed by atoms with Crippen LogP contribution in [0, 0.1) is 5.82 Å². The third-order valence-corrected chi connectivity index (χ3v) is 4.09. The van der Waals surface area contributed by atoms with Gasteiger partial charge in [0.1, 0.15) is 12.4 Å². The number of hydrogen-bond donors (Lipinski definition) is 0. The maximum absolute atomic E-state index is 12.9. The summed E-state index contributed by atoms with van der Waals surface area (Å²) in [6, 6.07) is 13.2. The highest BCUT2D eigenvalue weighted by Gasteiger charge is 2.32. The van der Waals surface area contributed by atoms with E-state index in [0.717, 1.165) is 11.1 Å². The molecule has 3 rings (SSSR count). The zero-order valence-electron chi connectivity index (χ0n) is 13.3. The quantitative estimate of drug-likeness (QED) is 0.868. The van der Waals surface area contributed by atoms with E-state index < -0.39 is 0 Å². The minimum atomic E-state index is -0.315. The Morgan fingerprint density at radius 1 is 1.12 bits per heavy atom. The molecule has 2 amide bonds. The molecule has 0 unspecified atom stereocenters. The second kappa shape index (κ2) is 6.28. The zero-order chi connectivity index (χ0) is 17.3. The van der Waals surface area contributed by atoms with Gasteiger partial charge in [-0.25, -0.2) is 4.39 Å². The Labute approximate surface area is 139 Å². The highest BCUT2D eigenvalue weighted by molar-refractivity contribution is 6.10. The Morgan fingerprint density at radius 3 is 2.38 bits per heavy atom. The van der Waals surface area contributed by atoms with E-state index in [9.17, 15) is 14.0 Å². The molecule has 0 spiro atoms. The fourth-order valence-electron chi connectivity index (χ4n) is 2.71. The van der Waals surface area contributed by atoms with E-state index in [4.69, 9.17) is 0 Å². The van der Waals surface area contributed by atoms with Crippen LogP contribution in [0.1, 0.15) is 21.5 Å². The zero-order valence-corrected chi connectivity index (χ0v) is 13.3. The van der Waals surface area contributed by atoms with E-state index in [1.807, 2.05) is 12.1 Å². The van der Waals surface area contributed by atoms with Crippen molar-refractivity contribution < 1.29 is 14.0 Å². The first kappa shape index (κ1) is 15.9. The van der Waals surface area contributed by atoms with Gasteiger partial charge in [0.05, 0.1) is 0 Å². The van der Waals surface area contributed by atoms with Gasteiger partial charge >= 0.3 is 0 Å². The number of likely N-dealkylation sites (N-methyl/N-ethyl adjacent to an activating group) is 1. The molecule has 5 heteroatoms. The average molecular weight is 324 g/mol. The molecule has 1 aliphatic rings. The Morgan fingerprint density at radius 2 is 1.75 bits per heavy atom. The number of amides is 2. The Bertz CT molecular complexity index is 779. The fraction of sp³-hybridized carbons (Fsp3) is 0.158. The van der Waals surface area contributed by atoms with E-state index >= 15 is 0 Å². The van der Waals surface area contributed by atoms with E-state index in [-0.39, 0.29) is 24.2 Å². The molecule has 0 radical (unpaired) electrons. The topological polar surface area (TPSA) is 40.6 Å². The molecule has 0 saturated heterocycles. The summed E-state index contributed by atoms with van der Waals surface area (Å²) in [7, 11) is 1.65. The maximum Gasteiger partial charge on any atom is 0.259 e. The molecule has 1 heterocycles. The minimum absolute atomic E-state index is 0.0654. The maximum atomic E-state index is 12.9. The molecule has 2 aromatic rings. The van der Waals surface area contributed by atoms with Crippen LogP contribution in [0.5, 0.6) is 0 Å². The molecular formula is C19H17FN2O2. The predicted octanol–water partition coefficient (Wildman–Crippen LogP) is 2.91. The molecule has 24 heavy (non-hydrogen) atoms. The van der Waals surface area contributed by atoms with Crippen molar-refractivity contribution in [1.29, 1.82) is 0 Å². The molecule has 0 bridgehead atoms. The molecule has 0 fully saturated rings. The van der Waals surface area contributed by atoms with Gasteiger partial charge in [-0.15, -0.1) is 0 Å². The van der Waals surface area contributed by atoms with Crippen molar-refractivity contribution in [2.45, 2.75) is 6.54 Å². The largest absolute Gasteiger partial charge is 0.340 e. The normalized spacial score (nSPS) is 13.2. The number of nitrogens with zero attached hydrogens (tertiary/aromatic N) is 2. The highest BCUT2D eigenvalue weighted by atomic mass is 19.1. The Balaban J connectivity index is 1.68. The van der Waals surface area contributed by atoms with Crippen molar-refractivity contribution >= 4 is 17.5 Å². The SMILES string of the molecule is C=C1c2ccccc2C(=O)N1CC(=O)N(C)Cc1ccc(F)cc1. The van der Waals surface area contributed by atoms with Gasteiger partial charge in [-0.05, 0) is 23.8 Å². The van der Waals surface area contributed by atoms with Crippen molar-refractivity contribution in [1.82, 2.24) is 9.80 Å². The lowest BCUT2D eigenvalue weighted by Crippen LogP contribution is -2.37. The lowest BCUT2D eigenvalue weighted by Gasteiger charge is -2.22. The first-order valence-electron chi connectivity index (χ1n) is 7.56. The second-order valence-corrected chi connectivity index (χ2v) is 5.76. The first-order valence-corrected chi connectivity index (χ1v) is 7.56. The molecule has 0 saturated carbocycles. The number of halogens is 1. The molecule has 0 aliphatic carbocycles. The van der Waals surface area contributed by atoms with Gasteiger partial charge in [0.15, 0.2) is 0 Å². The van der Waals surface area contributed by atoms with E-state index in [0.29, 0.717) is 17.8 Å². The number of carbonyl (C=O) groups is 2. The van der Waals surface area contributed by atoms with Crippen LogP contribution in [0.3, 0.4) is 0 Å². The van der Waals surface area contributed by atoms with Crippen molar-refractivity contribution in [3.05, 3.63) is 77.6 Å². The number of hydrogen-bond acceptors (Lipinski definition) is 2. The number of fused-ring (bicyclic) bond motifs is 1. The highest BCUT2D eigenvalue weighted by Crippen LogP contribution is 2.30. The average Bonchev–Trinajstić information content (AvgIpc) is 2.82. The van der Waals surface area contributed by atoms with Crippen LogP contribution >= 0.6 is 0 Å². The molecule has 0 aromatic heterocycles. The standard InChI is InChI=1S/C19H17FN2O2/c1-13-16-5-3-4-6-17(16)19(24)22(13)12-18(23)21(2)11-14-7-9-15(20)10-8-14/h3-10H,1,11-12H2,2H3. The lowest BCUT2D eigenvalue weighted by atomic mass is 10.1. The third kappa shape index (κ3) is 2.93. The van der Waals surface area contributed by atoms with Crippen molar-refractivity contribution in [3.63, 3.8) is 0 Å². The van der Waals surface area contributed by atoms with Crippen LogP contribution in [0.15, 0.2) is 55.1 Å². The number of rotatable bonds is 4. The fourth-order valence-corrected chi connectivity index (χ4v) is 2.71. The predicted molar refractivity (Wildman–Crippen MR) is 89.4 cm³/mol. The van der Waals surface area contributed by atoms with Crippen LogP contribution in [-0.4, -0.2) is 35.2 Å². The number of carbonyl (C=O) groups excluding carboxylic acids is 2. The van der Waals surface area contributed by atoms with Gasteiger partial charge in [0, 0.05) is 30.4 Å². The van der Waals surface area contributed by atoms with Gasteiger partial charge in [0.2, 0.25) is 5.91 Å². The van der Waals surface area contributed by atoms with Crippen LogP contribution < -0.4 is 0 Å². The molecule has 1 aliphatic heterocycles. The molecular weight excluding hydrogens is 307 g/mol. The summed E-state index contributed by atoms with van der Waals surface area (Å²) < 4.78 is 12.9. The van der Waals surface area contributed by atoms with Gasteiger partial charge in [-0.3, -0.25) is 14.5 Å². The second-order valence-electron chi connectivity index (χ2n) is 5.76. The van der Waals surface area contributed by atoms with Crippen LogP contribution in [0.25, 0.3) is 5.70 Å². The summed E-state index contributed by atoms with van der Waals surface area (Å²) in [6.45, 7) is 4.21. The molecule has 4 nitrogen and oxygen atoms in total. The third-order valence-electron chi connectivity index (χ3n) is 4.09. The number of benzene rings is 2. The van der Waals surface area contributed by atoms with Crippen LogP contribution in [0.4, 0.5) is 4.39 Å². The van der Waals surface area contributed by atoms with Gasteiger partial charge in [0.25, 0.3) is 5.91 Å². The molecule has 0 N–H and O–H groups in total. The van der Waals surface area contributed by atoms with Crippen molar-refractivity contribution in [2.75, 3.05) is 13.6 Å². The van der Waals surface area contributed by atoms with Crippen LogP contribution in [0.2, 0.25) is 0 Å². The smallest absolute Gasteiger partial charge is 0.259 e. The molecule has 2 aromatic carbocycles. The Hall–Kier alpha value is -2.95. The van der Waals surface area contributed by atoms with Crippen molar-refractivity contribution in [3.8, 4) is 0 Å². The minimum Gasteiger partial charge on any atom is -0.340 e. The first-order chi connectivity index (χ1) is 11.5. The van der Waals surface area contributed by atoms with Gasteiger partial charge < -0.3 is 4.90 Å². The van der Waals surface area contributed by atoms with Gasteiger partial charge in [-0.1, -0.05) is 36.9 Å². The summed E-state index contributed by atoms with van der Waals surface area (Å²) in [5, 5.41) is 0. The van der Waals surface area contributed by atoms with E-state index in [1.54, 1.807) is 31.3 Å². The summed E-state index contributed by atoms with van der Waals surface area (Å²) in [6.07, 6.45) is 0. The summed E-state index contributed by atoms with van der Waals surface area (Å²) >= 11 is 0. The van der Waals surface area contributed by atoms with Gasteiger partial charge in [-0.2, -0.15) is 0 Å². The molecule has 122 valence electrons. The Kier molecular flexibility index (Phi) is 4.16. The van der Waals surface area contributed by atoms with E-state index in [1.165, 1.54) is 21.9 Å². The van der Waals surface area contributed by atoms with Crippen molar-refractivity contribution in [2.24, 2.45) is 0 Å².